The molecule has 0 bridgehead atoms. The molecule has 35 heavy (non-hydrogen) atoms. The van der Waals surface area contributed by atoms with E-state index in [1.807, 2.05) is 12.1 Å². The van der Waals surface area contributed by atoms with E-state index in [9.17, 15) is 9.59 Å². The Bertz CT molecular complexity index is 1010. The van der Waals surface area contributed by atoms with Crippen LogP contribution in [0.5, 0.6) is 5.75 Å². The molecule has 0 spiro atoms. The van der Waals surface area contributed by atoms with E-state index >= 15 is 0 Å². The molecule has 0 unspecified atom stereocenters. The fraction of sp³-hybridized carbons (Fsp3) is 0.571. The second-order valence-electron chi connectivity index (χ2n) is 9.98. The van der Waals surface area contributed by atoms with Crippen molar-refractivity contribution in [2.24, 2.45) is 0 Å². The highest BCUT2D eigenvalue weighted by Gasteiger charge is 2.19. The Kier molecular flexibility index (Phi) is 13.9. The van der Waals surface area contributed by atoms with Crippen LogP contribution in [0.25, 0.3) is 11.0 Å². The zero-order valence-electron chi connectivity index (χ0n) is 22.1. The van der Waals surface area contributed by atoms with Gasteiger partial charge in [-0.3, -0.25) is 4.79 Å². The number of nitrogens with zero attached hydrogens (tertiary/aromatic N) is 1. The summed E-state index contributed by atoms with van der Waals surface area (Å²) in [6.07, 6.45) is 9.15. The van der Waals surface area contributed by atoms with Gasteiger partial charge in [-0.05, 0) is 64.2 Å². The Morgan fingerprint density at radius 3 is 2.51 bits per heavy atom. The Morgan fingerprint density at radius 1 is 1.06 bits per heavy atom. The number of halogens is 1. The maximum Gasteiger partial charge on any atom is 0.336 e. The van der Waals surface area contributed by atoms with Gasteiger partial charge in [-0.2, -0.15) is 0 Å². The first-order chi connectivity index (χ1) is 16.2. The number of benzene rings is 1. The summed E-state index contributed by atoms with van der Waals surface area (Å²) < 4.78 is 12.3. The van der Waals surface area contributed by atoms with Gasteiger partial charge in [0.2, 0.25) is 0 Å². The van der Waals surface area contributed by atoms with Crippen LogP contribution in [0, 0.1) is 0 Å². The predicted molar refractivity (Wildman–Crippen MR) is 139 cm³/mol. The Morgan fingerprint density at radius 2 is 1.80 bits per heavy atom. The summed E-state index contributed by atoms with van der Waals surface area (Å²) in [4.78, 5) is 24.0. The summed E-state index contributed by atoms with van der Waals surface area (Å²) >= 11 is 0. The average molecular weight is 552 g/mol. The highest BCUT2D eigenvalue weighted by Crippen LogP contribution is 2.28. The van der Waals surface area contributed by atoms with Crippen LogP contribution in [0.15, 0.2) is 45.1 Å². The molecule has 1 aromatic heterocycles. The van der Waals surface area contributed by atoms with E-state index in [-0.39, 0.29) is 28.5 Å². The molecular formula is C28H43BrN2O4. The summed E-state index contributed by atoms with van der Waals surface area (Å²) in [5, 5.41) is 3.94. The fourth-order valence-corrected chi connectivity index (χ4v) is 3.93. The van der Waals surface area contributed by atoms with Crippen molar-refractivity contribution in [1.29, 1.82) is 0 Å². The third-order valence-electron chi connectivity index (χ3n) is 5.90. The molecule has 0 aliphatic rings. The molecular weight excluding hydrogens is 508 g/mol. The maximum absolute atomic E-state index is 12.2. The number of likely N-dealkylation sites (N-methyl/N-ethyl adjacent to an activating group) is 1. The Balaban J connectivity index is 0.00000612. The lowest BCUT2D eigenvalue weighted by atomic mass is 10.1. The Hall–Kier alpha value is -2.12. The molecule has 1 N–H and O–H groups in total. The lowest BCUT2D eigenvalue weighted by molar-refractivity contribution is -0.882. The van der Waals surface area contributed by atoms with Crippen LogP contribution in [0.3, 0.4) is 0 Å². The normalized spacial score (nSPS) is 11.1. The number of hydrogen-bond donors (Lipinski definition) is 1. The number of carbonyl (C=O) groups excluding carboxylic acids is 1. The monoisotopic (exact) mass is 550 g/mol. The molecule has 6 nitrogen and oxygen atoms in total. The molecule has 2 aromatic rings. The molecule has 0 saturated carbocycles. The minimum atomic E-state index is -0.349. The van der Waals surface area contributed by atoms with Gasteiger partial charge in [0.15, 0.2) is 6.54 Å². The highest BCUT2D eigenvalue weighted by atomic mass is 79.9. The summed E-state index contributed by atoms with van der Waals surface area (Å²) in [5.74, 6) is 0.909. The first kappa shape index (κ1) is 30.9. The van der Waals surface area contributed by atoms with Gasteiger partial charge in [0.1, 0.15) is 11.3 Å². The van der Waals surface area contributed by atoms with Crippen molar-refractivity contribution in [3.05, 3.63) is 51.9 Å². The Labute approximate surface area is 221 Å². The van der Waals surface area contributed by atoms with Crippen LogP contribution in [-0.4, -0.2) is 50.7 Å². The number of carbonyl (C=O) groups is 1. The molecule has 0 aliphatic carbocycles. The SMILES string of the molecule is CCCCCNC(=O)C[N+](C)(C)CCCCCOc1ccc2ccc(=O)oc2c1CC=C(C)C.[Br-]. The third kappa shape index (κ3) is 11.4. The lowest BCUT2D eigenvalue weighted by Crippen LogP contribution is -3.00. The minimum absolute atomic E-state index is 0. The topological polar surface area (TPSA) is 68.5 Å². The van der Waals surface area contributed by atoms with E-state index in [1.165, 1.54) is 11.6 Å². The number of hydrogen-bond acceptors (Lipinski definition) is 4. The number of amides is 1. The molecule has 0 atom stereocenters. The van der Waals surface area contributed by atoms with Gasteiger partial charge in [0.25, 0.3) is 5.91 Å². The number of ether oxygens (including phenoxy) is 1. The molecule has 2 rings (SSSR count). The van der Waals surface area contributed by atoms with Gasteiger partial charge in [-0.25, -0.2) is 4.79 Å². The first-order valence-electron chi connectivity index (χ1n) is 12.6. The minimum Gasteiger partial charge on any atom is -1.00 e. The van der Waals surface area contributed by atoms with E-state index in [0.29, 0.717) is 29.6 Å². The van der Waals surface area contributed by atoms with Crippen molar-refractivity contribution >= 4 is 16.9 Å². The zero-order valence-corrected chi connectivity index (χ0v) is 23.7. The summed E-state index contributed by atoms with van der Waals surface area (Å²) in [5.41, 5.74) is 2.38. The van der Waals surface area contributed by atoms with Crippen LogP contribution in [-0.2, 0) is 11.2 Å². The predicted octanol–water partition coefficient (Wildman–Crippen LogP) is 2.24. The number of quaternary nitrogens is 1. The van der Waals surface area contributed by atoms with Crippen LogP contribution in [0.2, 0.25) is 0 Å². The molecule has 1 amide bonds. The van der Waals surface area contributed by atoms with Crippen molar-refractivity contribution in [3.8, 4) is 5.75 Å². The van der Waals surface area contributed by atoms with E-state index in [4.69, 9.17) is 9.15 Å². The molecule has 196 valence electrons. The lowest BCUT2D eigenvalue weighted by Gasteiger charge is -2.29. The molecule has 0 radical (unpaired) electrons. The second-order valence-corrected chi connectivity index (χ2v) is 9.98. The van der Waals surface area contributed by atoms with Crippen molar-refractivity contribution in [1.82, 2.24) is 5.32 Å². The molecule has 0 fully saturated rings. The largest absolute Gasteiger partial charge is 1.00 e. The number of rotatable bonds is 15. The third-order valence-corrected chi connectivity index (χ3v) is 5.90. The maximum atomic E-state index is 12.2. The van der Waals surface area contributed by atoms with Gasteiger partial charge in [-0.1, -0.05) is 31.4 Å². The van der Waals surface area contributed by atoms with E-state index in [1.54, 1.807) is 6.07 Å². The highest BCUT2D eigenvalue weighted by molar-refractivity contribution is 5.82. The van der Waals surface area contributed by atoms with E-state index in [0.717, 1.165) is 68.3 Å². The van der Waals surface area contributed by atoms with Crippen LogP contribution >= 0.6 is 0 Å². The van der Waals surface area contributed by atoms with Crippen molar-refractivity contribution in [2.45, 2.75) is 65.7 Å². The summed E-state index contributed by atoms with van der Waals surface area (Å²) in [6.45, 7) is 9.12. The quantitative estimate of drug-likeness (QED) is 0.160. The molecule has 1 heterocycles. The standard InChI is InChI=1S/C28H42N2O4.BrH/c1-6-7-9-18-29-26(31)21-30(4,5)19-10-8-11-20-33-25-16-13-23-14-17-27(32)34-28(23)24(25)15-12-22(2)3;/h12-14,16-17H,6-11,15,18-21H2,1-5H3;1H. The first-order valence-corrected chi connectivity index (χ1v) is 12.6. The van der Waals surface area contributed by atoms with Gasteiger partial charge in [0, 0.05) is 23.6 Å². The van der Waals surface area contributed by atoms with Gasteiger partial charge >= 0.3 is 5.63 Å². The molecule has 7 heteroatoms. The van der Waals surface area contributed by atoms with Gasteiger partial charge < -0.3 is 35.9 Å². The molecule has 1 aromatic carbocycles. The number of unbranched alkanes of at least 4 members (excludes halogenated alkanes) is 4. The second kappa shape index (κ2) is 15.8. The van der Waals surface area contributed by atoms with Crippen LogP contribution in [0.4, 0.5) is 0 Å². The van der Waals surface area contributed by atoms with E-state index < -0.39 is 0 Å². The van der Waals surface area contributed by atoms with Crippen LogP contribution < -0.4 is 32.7 Å². The van der Waals surface area contributed by atoms with Crippen molar-refractivity contribution in [2.75, 3.05) is 40.3 Å². The fourth-order valence-electron chi connectivity index (χ4n) is 3.93. The molecule has 0 saturated heterocycles. The number of fused-ring (bicyclic) bond motifs is 1. The van der Waals surface area contributed by atoms with E-state index in [2.05, 4.69) is 46.3 Å². The average Bonchev–Trinajstić information content (AvgIpc) is 2.77. The zero-order chi connectivity index (χ0) is 25.0. The summed E-state index contributed by atoms with van der Waals surface area (Å²) in [7, 11) is 4.22. The number of allylic oxidation sites excluding steroid dienone is 2. The summed E-state index contributed by atoms with van der Waals surface area (Å²) in [6, 6.07) is 7.15. The number of nitrogens with one attached hydrogen (secondary N) is 1. The van der Waals surface area contributed by atoms with Gasteiger partial charge in [-0.15, -0.1) is 0 Å². The smallest absolute Gasteiger partial charge is 0.336 e. The van der Waals surface area contributed by atoms with Crippen molar-refractivity contribution < 1.29 is 35.4 Å². The van der Waals surface area contributed by atoms with Gasteiger partial charge in [0.05, 0.1) is 27.2 Å². The van der Waals surface area contributed by atoms with Crippen molar-refractivity contribution in [3.63, 3.8) is 0 Å². The molecule has 0 aliphatic heterocycles. The van der Waals surface area contributed by atoms with Crippen LogP contribution in [0.1, 0.15) is 64.9 Å².